The lowest BCUT2D eigenvalue weighted by Gasteiger charge is -2.34. The minimum Gasteiger partial charge on any atom is -0.395 e. The minimum absolute atomic E-state index is 0.0410. The van der Waals surface area contributed by atoms with Crippen molar-refractivity contribution >= 4 is 33.9 Å². The van der Waals surface area contributed by atoms with Crippen molar-refractivity contribution in [3.05, 3.63) is 70.5 Å². The van der Waals surface area contributed by atoms with Gasteiger partial charge in [0.15, 0.2) is 0 Å². The van der Waals surface area contributed by atoms with Crippen LogP contribution >= 0.6 is 0 Å². The van der Waals surface area contributed by atoms with Gasteiger partial charge in [0.25, 0.3) is 0 Å². The molecular formula is C26H29FN2O3S. The third-order valence-electron chi connectivity index (χ3n) is 6.45. The average molecular weight is 469 g/mol. The van der Waals surface area contributed by atoms with Crippen LogP contribution in [0, 0.1) is 5.82 Å². The smallest absolute Gasteiger partial charge is 0.227 e. The Labute approximate surface area is 196 Å². The second-order valence-corrected chi connectivity index (χ2v) is 9.88. The number of benzene rings is 2. The van der Waals surface area contributed by atoms with Crippen LogP contribution in [-0.2, 0) is 15.6 Å². The van der Waals surface area contributed by atoms with E-state index in [1.165, 1.54) is 12.1 Å². The van der Waals surface area contributed by atoms with Crippen molar-refractivity contribution in [1.29, 1.82) is 0 Å². The summed E-state index contributed by atoms with van der Waals surface area (Å²) in [5, 5.41) is 9.12. The van der Waals surface area contributed by atoms with Crippen LogP contribution in [0.5, 0.6) is 0 Å². The molecular weight excluding hydrogens is 439 g/mol. The number of carbonyl (C=O) groups is 1. The van der Waals surface area contributed by atoms with Gasteiger partial charge in [0.05, 0.1) is 13.0 Å². The highest BCUT2D eigenvalue weighted by Gasteiger charge is 2.28. The number of fused-ring (bicyclic) bond motifs is 1. The molecule has 1 amide bonds. The number of piperazine rings is 1. The molecule has 2 aliphatic rings. The zero-order chi connectivity index (χ0) is 23.5. The minimum atomic E-state index is -1.04. The summed E-state index contributed by atoms with van der Waals surface area (Å²) in [6.45, 7) is 5.50. The highest BCUT2D eigenvalue weighted by atomic mass is 32.2. The number of amides is 1. The second kappa shape index (κ2) is 10.1. The summed E-state index contributed by atoms with van der Waals surface area (Å²) < 4.78 is 25.8. The van der Waals surface area contributed by atoms with Crippen molar-refractivity contribution in [2.45, 2.75) is 18.2 Å². The number of β-amino-alcohol motifs (C(OH)–C–C–N with tert-alkyl or cyclic N) is 1. The van der Waals surface area contributed by atoms with Gasteiger partial charge in [-0.25, -0.2) is 4.39 Å². The summed E-state index contributed by atoms with van der Waals surface area (Å²) in [6, 6.07) is 12.3. The van der Waals surface area contributed by atoms with Gasteiger partial charge < -0.3 is 10.0 Å². The fourth-order valence-electron chi connectivity index (χ4n) is 4.53. The number of hydrogen-bond donors (Lipinski definition) is 1. The summed E-state index contributed by atoms with van der Waals surface area (Å²) in [5.41, 5.74) is 5.48. The molecule has 1 fully saturated rings. The molecule has 33 heavy (non-hydrogen) atoms. The van der Waals surface area contributed by atoms with Gasteiger partial charge in [-0.3, -0.25) is 13.9 Å². The highest BCUT2D eigenvalue weighted by molar-refractivity contribution is 7.84. The fraction of sp³-hybridized carbons (Fsp3) is 0.346. The Hall–Kier alpha value is -2.61. The molecule has 0 aromatic heterocycles. The number of carbonyl (C=O) groups excluding carboxylic acids is 1. The SMILES string of the molecule is CC1=C(CC(=O)N2CCN(CCO)CC2)c2cc(F)ccc2/C1=C/c1ccc([S@](C)=O)cc1. The number of hydrogen-bond acceptors (Lipinski definition) is 4. The maximum Gasteiger partial charge on any atom is 0.227 e. The average Bonchev–Trinajstić information content (AvgIpc) is 3.05. The van der Waals surface area contributed by atoms with Crippen molar-refractivity contribution in [3.63, 3.8) is 0 Å². The quantitative estimate of drug-likeness (QED) is 0.706. The van der Waals surface area contributed by atoms with E-state index in [0.29, 0.717) is 19.6 Å². The second-order valence-electron chi connectivity index (χ2n) is 8.50. The van der Waals surface area contributed by atoms with E-state index in [1.54, 1.807) is 12.3 Å². The number of allylic oxidation sites excluding steroid dienone is 2. The van der Waals surface area contributed by atoms with Crippen LogP contribution in [0.4, 0.5) is 4.39 Å². The van der Waals surface area contributed by atoms with Gasteiger partial charge in [-0.05, 0) is 70.7 Å². The van der Waals surface area contributed by atoms with E-state index in [9.17, 15) is 13.4 Å². The van der Waals surface area contributed by atoms with Crippen LogP contribution in [0.3, 0.4) is 0 Å². The van der Waals surface area contributed by atoms with Gasteiger partial charge in [-0.15, -0.1) is 0 Å². The third-order valence-corrected chi connectivity index (χ3v) is 7.38. The standard InChI is InChI=1S/C26H29FN2O3S/c1-18-23(15-19-3-6-21(7-4-19)33(2)32)22-8-5-20(27)16-25(22)24(18)17-26(31)29-11-9-28(10-12-29)13-14-30/h3-8,15-16,30H,9-14,17H2,1-2H3/b23-15+/t33-/m0/s1. The lowest BCUT2D eigenvalue weighted by atomic mass is 10.0. The first-order chi connectivity index (χ1) is 15.9. The molecule has 0 spiro atoms. The van der Waals surface area contributed by atoms with Gasteiger partial charge in [0.2, 0.25) is 5.91 Å². The number of aliphatic hydroxyl groups is 1. The molecule has 2 aromatic carbocycles. The zero-order valence-corrected chi connectivity index (χ0v) is 19.8. The van der Waals surface area contributed by atoms with Gasteiger partial charge in [-0.1, -0.05) is 18.2 Å². The first kappa shape index (κ1) is 23.5. The summed E-state index contributed by atoms with van der Waals surface area (Å²) in [6.07, 6.45) is 3.92. The van der Waals surface area contributed by atoms with Gasteiger partial charge in [0.1, 0.15) is 5.82 Å². The molecule has 5 nitrogen and oxygen atoms in total. The molecule has 0 radical (unpaired) electrons. The van der Waals surface area contributed by atoms with E-state index in [0.717, 1.165) is 51.4 Å². The fourth-order valence-corrected chi connectivity index (χ4v) is 5.05. The predicted octanol–water partition coefficient (Wildman–Crippen LogP) is 3.42. The maximum absolute atomic E-state index is 14.2. The normalized spacial score (nSPS) is 18.7. The first-order valence-electron chi connectivity index (χ1n) is 11.1. The van der Waals surface area contributed by atoms with E-state index in [1.807, 2.05) is 42.2 Å². The molecule has 1 N–H and O–H groups in total. The van der Waals surface area contributed by atoms with E-state index < -0.39 is 10.8 Å². The molecule has 174 valence electrons. The molecule has 7 heteroatoms. The van der Waals surface area contributed by atoms with E-state index in [-0.39, 0.29) is 24.8 Å². The maximum atomic E-state index is 14.2. The molecule has 0 saturated carbocycles. The molecule has 1 aliphatic heterocycles. The Morgan fingerprint density at radius 2 is 1.79 bits per heavy atom. The van der Waals surface area contributed by atoms with Gasteiger partial charge in [-0.2, -0.15) is 0 Å². The largest absolute Gasteiger partial charge is 0.395 e. The number of halogens is 1. The Morgan fingerprint density at radius 3 is 2.42 bits per heavy atom. The molecule has 0 unspecified atom stereocenters. The van der Waals surface area contributed by atoms with Crippen LogP contribution in [0.1, 0.15) is 30.0 Å². The summed E-state index contributed by atoms with van der Waals surface area (Å²) in [5.74, 6) is -0.278. The van der Waals surface area contributed by atoms with Crippen LogP contribution in [-0.4, -0.2) is 70.6 Å². The van der Waals surface area contributed by atoms with Crippen LogP contribution < -0.4 is 0 Å². The molecule has 1 aliphatic carbocycles. The molecule has 1 heterocycles. The summed E-state index contributed by atoms with van der Waals surface area (Å²) >= 11 is 0. The van der Waals surface area contributed by atoms with Gasteiger partial charge in [0, 0.05) is 54.7 Å². The Balaban J connectivity index is 1.60. The first-order valence-corrected chi connectivity index (χ1v) is 12.7. The van der Waals surface area contributed by atoms with Crippen molar-refractivity contribution in [1.82, 2.24) is 9.80 Å². The van der Waals surface area contributed by atoms with Crippen LogP contribution in [0.2, 0.25) is 0 Å². The summed E-state index contributed by atoms with van der Waals surface area (Å²) in [7, 11) is -1.04. The topological polar surface area (TPSA) is 60.9 Å². The lowest BCUT2D eigenvalue weighted by molar-refractivity contribution is -0.131. The predicted molar refractivity (Wildman–Crippen MR) is 130 cm³/mol. The van der Waals surface area contributed by atoms with Crippen LogP contribution in [0.15, 0.2) is 52.9 Å². The summed E-state index contributed by atoms with van der Waals surface area (Å²) in [4.78, 5) is 17.9. The van der Waals surface area contributed by atoms with Crippen molar-refractivity contribution in [3.8, 4) is 0 Å². The number of rotatable bonds is 6. The van der Waals surface area contributed by atoms with Crippen LogP contribution in [0.25, 0.3) is 17.2 Å². The number of nitrogens with zero attached hydrogens (tertiary/aromatic N) is 2. The van der Waals surface area contributed by atoms with Crippen molar-refractivity contribution < 1.29 is 18.5 Å². The third kappa shape index (κ3) is 5.16. The molecule has 0 bridgehead atoms. The Bertz CT molecular complexity index is 1130. The van der Waals surface area contributed by atoms with Crippen molar-refractivity contribution in [2.75, 3.05) is 45.6 Å². The Morgan fingerprint density at radius 1 is 1.09 bits per heavy atom. The molecule has 1 saturated heterocycles. The van der Waals surface area contributed by atoms with E-state index >= 15 is 0 Å². The van der Waals surface area contributed by atoms with E-state index in [4.69, 9.17) is 5.11 Å². The molecule has 1 atom stereocenters. The monoisotopic (exact) mass is 468 g/mol. The zero-order valence-electron chi connectivity index (χ0n) is 19.0. The van der Waals surface area contributed by atoms with Crippen molar-refractivity contribution in [2.24, 2.45) is 0 Å². The highest BCUT2D eigenvalue weighted by Crippen LogP contribution is 2.44. The molecule has 2 aromatic rings. The number of aliphatic hydroxyl groups excluding tert-OH is 1. The lowest BCUT2D eigenvalue weighted by Crippen LogP contribution is -2.49. The molecule has 4 rings (SSSR count). The van der Waals surface area contributed by atoms with Gasteiger partial charge >= 0.3 is 0 Å². The Kier molecular flexibility index (Phi) is 7.22. The van der Waals surface area contributed by atoms with E-state index in [2.05, 4.69) is 4.90 Å².